The fraction of sp³-hybridized carbons (Fsp3) is 0.933. The highest BCUT2D eigenvalue weighted by Crippen LogP contribution is 2.23. The highest BCUT2D eigenvalue weighted by atomic mass is 16.1. The van der Waals surface area contributed by atoms with Crippen molar-refractivity contribution < 1.29 is 4.79 Å². The molecule has 0 aromatic heterocycles. The molecule has 1 amide bonds. The number of rotatable bonds is 8. The predicted molar refractivity (Wildman–Crippen MR) is 76.6 cm³/mol. The lowest BCUT2D eigenvalue weighted by Crippen LogP contribution is -2.33. The second kappa shape index (κ2) is 9.37. The largest absolute Gasteiger partial charge is 0.356 e. The van der Waals surface area contributed by atoms with Crippen LogP contribution in [0.1, 0.15) is 58.8 Å². The number of nitrogens with zero attached hydrogens (tertiary/aromatic N) is 1. The molecule has 3 nitrogen and oxygen atoms in total. The molecular formula is C15H30N2O. The van der Waals surface area contributed by atoms with Crippen molar-refractivity contribution in [2.45, 2.75) is 58.8 Å². The molecule has 1 N–H and O–H groups in total. The maximum Gasteiger partial charge on any atom is 0.223 e. The molecule has 0 atom stereocenters. The summed E-state index contributed by atoms with van der Waals surface area (Å²) in [7, 11) is 0. The zero-order chi connectivity index (χ0) is 13.2. The van der Waals surface area contributed by atoms with Crippen LogP contribution in [0.2, 0.25) is 0 Å². The van der Waals surface area contributed by atoms with Crippen LogP contribution in [0.3, 0.4) is 0 Å². The fourth-order valence-corrected chi connectivity index (χ4v) is 2.72. The van der Waals surface area contributed by atoms with E-state index in [4.69, 9.17) is 0 Å². The van der Waals surface area contributed by atoms with Gasteiger partial charge in [0.1, 0.15) is 0 Å². The summed E-state index contributed by atoms with van der Waals surface area (Å²) >= 11 is 0. The van der Waals surface area contributed by atoms with Crippen molar-refractivity contribution in [2.75, 3.05) is 26.2 Å². The van der Waals surface area contributed by atoms with E-state index in [2.05, 4.69) is 24.1 Å². The highest BCUT2D eigenvalue weighted by molar-refractivity contribution is 5.78. The summed E-state index contributed by atoms with van der Waals surface area (Å²) in [6, 6.07) is 0. The zero-order valence-corrected chi connectivity index (χ0v) is 12.2. The van der Waals surface area contributed by atoms with Gasteiger partial charge in [0, 0.05) is 12.5 Å². The molecule has 0 aromatic rings. The first-order valence-electron chi connectivity index (χ1n) is 7.78. The summed E-state index contributed by atoms with van der Waals surface area (Å²) < 4.78 is 0. The molecule has 0 spiro atoms. The lowest BCUT2D eigenvalue weighted by molar-refractivity contribution is -0.125. The molecule has 0 saturated heterocycles. The van der Waals surface area contributed by atoms with Crippen molar-refractivity contribution in [1.82, 2.24) is 10.2 Å². The Morgan fingerprint density at radius 3 is 2.39 bits per heavy atom. The number of amides is 1. The van der Waals surface area contributed by atoms with E-state index >= 15 is 0 Å². The molecule has 0 heterocycles. The third-order valence-corrected chi connectivity index (χ3v) is 4.07. The molecule has 1 rings (SSSR count). The van der Waals surface area contributed by atoms with Crippen molar-refractivity contribution >= 4 is 5.91 Å². The maximum absolute atomic E-state index is 11.9. The highest BCUT2D eigenvalue weighted by Gasteiger charge is 2.20. The van der Waals surface area contributed by atoms with E-state index in [0.29, 0.717) is 11.8 Å². The minimum Gasteiger partial charge on any atom is -0.356 e. The smallest absolute Gasteiger partial charge is 0.223 e. The van der Waals surface area contributed by atoms with Gasteiger partial charge >= 0.3 is 0 Å². The van der Waals surface area contributed by atoms with Crippen LogP contribution in [0.5, 0.6) is 0 Å². The first kappa shape index (κ1) is 15.5. The third-order valence-electron chi connectivity index (χ3n) is 4.07. The Bertz CT molecular complexity index is 221. The lowest BCUT2D eigenvalue weighted by Gasteiger charge is -2.21. The Morgan fingerprint density at radius 2 is 1.78 bits per heavy atom. The number of nitrogens with one attached hydrogen (secondary N) is 1. The average Bonchev–Trinajstić information content (AvgIpc) is 2.43. The Hall–Kier alpha value is -0.570. The summed E-state index contributed by atoms with van der Waals surface area (Å²) in [6.45, 7) is 8.68. The molecule has 0 aromatic carbocycles. The summed E-state index contributed by atoms with van der Waals surface area (Å²) in [5.74, 6) is 0.610. The van der Waals surface area contributed by atoms with Crippen molar-refractivity contribution in [1.29, 1.82) is 0 Å². The Kier molecular flexibility index (Phi) is 8.06. The summed E-state index contributed by atoms with van der Waals surface area (Å²) in [5, 5.41) is 3.10. The Balaban J connectivity index is 2.01. The van der Waals surface area contributed by atoms with Crippen LogP contribution in [0.25, 0.3) is 0 Å². The van der Waals surface area contributed by atoms with Crippen molar-refractivity contribution in [3.63, 3.8) is 0 Å². The van der Waals surface area contributed by atoms with Crippen LogP contribution in [-0.2, 0) is 4.79 Å². The molecule has 106 valence electrons. The summed E-state index contributed by atoms with van der Waals surface area (Å²) in [4.78, 5) is 14.3. The molecule has 3 heteroatoms. The molecular weight excluding hydrogens is 224 g/mol. The zero-order valence-electron chi connectivity index (χ0n) is 12.2. The second-order valence-corrected chi connectivity index (χ2v) is 5.36. The van der Waals surface area contributed by atoms with E-state index < -0.39 is 0 Å². The topological polar surface area (TPSA) is 32.3 Å². The number of hydrogen-bond donors (Lipinski definition) is 1. The van der Waals surface area contributed by atoms with E-state index in [0.717, 1.165) is 45.4 Å². The third kappa shape index (κ3) is 5.85. The van der Waals surface area contributed by atoms with Gasteiger partial charge in [0.2, 0.25) is 5.91 Å². The van der Waals surface area contributed by atoms with Gasteiger partial charge in [-0.2, -0.15) is 0 Å². The minimum atomic E-state index is 0.303. The summed E-state index contributed by atoms with van der Waals surface area (Å²) in [6.07, 6.45) is 8.28. The maximum atomic E-state index is 11.9. The first-order valence-corrected chi connectivity index (χ1v) is 7.78. The number of hydrogen-bond acceptors (Lipinski definition) is 2. The number of carbonyl (C=O) groups excluding carboxylic acids is 1. The van der Waals surface area contributed by atoms with Crippen molar-refractivity contribution in [3.8, 4) is 0 Å². The SMILES string of the molecule is CCN(CC)CCCCNC(=O)C1CCCCC1. The van der Waals surface area contributed by atoms with Gasteiger partial charge < -0.3 is 10.2 Å². The van der Waals surface area contributed by atoms with Gasteiger partial charge in [-0.05, 0) is 45.3 Å². The van der Waals surface area contributed by atoms with Crippen LogP contribution in [0, 0.1) is 5.92 Å². The molecule has 1 aliphatic rings. The molecule has 1 aliphatic carbocycles. The van der Waals surface area contributed by atoms with Crippen molar-refractivity contribution in [3.05, 3.63) is 0 Å². The van der Waals surface area contributed by atoms with Gasteiger partial charge in [0.15, 0.2) is 0 Å². The molecule has 18 heavy (non-hydrogen) atoms. The summed E-state index contributed by atoms with van der Waals surface area (Å²) in [5.41, 5.74) is 0. The monoisotopic (exact) mass is 254 g/mol. The van der Waals surface area contributed by atoms with Crippen LogP contribution in [0.4, 0.5) is 0 Å². The van der Waals surface area contributed by atoms with E-state index in [-0.39, 0.29) is 0 Å². The van der Waals surface area contributed by atoms with Gasteiger partial charge in [0.05, 0.1) is 0 Å². The fourth-order valence-electron chi connectivity index (χ4n) is 2.72. The second-order valence-electron chi connectivity index (χ2n) is 5.36. The van der Waals surface area contributed by atoms with Crippen molar-refractivity contribution in [2.24, 2.45) is 5.92 Å². The Morgan fingerprint density at radius 1 is 1.11 bits per heavy atom. The molecule has 0 unspecified atom stereocenters. The first-order chi connectivity index (χ1) is 8.77. The van der Waals surface area contributed by atoms with E-state index in [1.54, 1.807) is 0 Å². The van der Waals surface area contributed by atoms with Gasteiger partial charge in [-0.1, -0.05) is 33.1 Å². The molecule has 0 aliphatic heterocycles. The van der Waals surface area contributed by atoms with Crippen LogP contribution in [-0.4, -0.2) is 37.0 Å². The van der Waals surface area contributed by atoms with Gasteiger partial charge in [-0.25, -0.2) is 0 Å². The van der Waals surface area contributed by atoms with E-state index in [9.17, 15) is 4.79 Å². The molecule has 1 fully saturated rings. The van der Waals surface area contributed by atoms with Gasteiger partial charge in [0.25, 0.3) is 0 Å². The number of carbonyl (C=O) groups is 1. The van der Waals surface area contributed by atoms with Crippen LogP contribution < -0.4 is 5.32 Å². The van der Waals surface area contributed by atoms with Crippen LogP contribution in [0.15, 0.2) is 0 Å². The standard InChI is InChI=1S/C15H30N2O/c1-3-17(4-2)13-9-8-12-16-15(18)14-10-6-5-7-11-14/h14H,3-13H2,1-2H3,(H,16,18). The minimum absolute atomic E-state index is 0.303. The number of unbranched alkanes of at least 4 members (excludes halogenated alkanes) is 1. The lowest BCUT2D eigenvalue weighted by atomic mass is 9.89. The van der Waals surface area contributed by atoms with E-state index in [1.807, 2.05) is 0 Å². The molecule has 0 radical (unpaired) electrons. The van der Waals surface area contributed by atoms with Gasteiger partial charge in [-0.3, -0.25) is 4.79 Å². The Labute approximate surface area is 112 Å². The molecule has 1 saturated carbocycles. The van der Waals surface area contributed by atoms with Gasteiger partial charge in [-0.15, -0.1) is 0 Å². The molecule has 0 bridgehead atoms. The predicted octanol–water partition coefficient (Wildman–Crippen LogP) is 2.80. The van der Waals surface area contributed by atoms with Crippen LogP contribution >= 0.6 is 0 Å². The average molecular weight is 254 g/mol. The van der Waals surface area contributed by atoms with E-state index in [1.165, 1.54) is 25.7 Å². The quantitative estimate of drug-likeness (QED) is 0.676. The normalized spacial score (nSPS) is 17.1.